The van der Waals surface area contributed by atoms with Crippen LogP contribution in [0, 0.1) is 0 Å². The van der Waals surface area contributed by atoms with Gasteiger partial charge in [0.15, 0.2) is 0 Å². The molecule has 0 aliphatic rings. The van der Waals surface area contributed by atoms with Gasteiger partial charge in [-0.1, -0.05) is 72.8 Å². The van der Waals surface area contributed by atoms with Gasteiger partial charge < -0.3 is 39.8 Å². The predicted molar refractivity (Wildman–Crippen MR) is 173 cm³/mol. The Morgan fingerprint density at radius 1 is 0.500 bits per heavy atom. The van der Waals surface area contributed by atoms with E-state index in [9.17, 15) is 19.8 Å². The Bertz CT molecular complexity index is 1460. The molecule has 0 aliphatic carbocycles. The van der Waals surface area contributed by atoms with Crippen LogP contribution in [0.1, 0.15) is 36.1 Å². The van der Waals surface area contributed by atoms with E-state index >= 15 is 0 Å². The minimum Gasteiger partial charge on any atom is -0.496 e. The molecule has 0 radical (unpaired) electrons. The molecule has 0 unspecified atom stereocenters. The molecule has 0 heterocycles. The number of carbonyl (C=O) groups is 2. The Morgan fingerprint density at radius 3 is 0.935 bits per heavy atom. The lowest BCUT2D eigenvalue weighted by Gasteiger charge is -2.38. The number of amides is 2. The van der Waals surface area contributed by atoms with Gasteiger partial charge >= 0.3 is 11.8 Å². The number of benzene rings is 4. The molecule has 4 rings (SSSR count). The first-order valence-electron chi connectivity index (χ1n) is 14.7. The summed E-state index contributed by atoms with van der Waals surface area (Å²) >= 11 is 0. The summed E-state index contributed by atoms with van der Waals surface area (Å²) in [6.45, 7) is 3.15. The molecule has 4 aromatic rings. The molecule has 2 atom stereocenters. The maximum absolute atomic E-state index is 13.5. The molecule has 10 heteroatoms. The second kappa shape index (κ2) is 14.4. The minimum atomic E-state index is -1.89. The van der Waals surface area contributed by atoms with E-state index in [0.717, 1.165) is 0 Å². The summed E-state index contributed by atoms with van der Waals surface area (Å²) < 4.78 is 22.2. The standard InChI is InChI=1S/C36H40N2O8/c1-23(35(41,25-15-7-11-19-29(25)43-3)26-16-8-12-20-30(26)44-4)37-33(39)34(40)38-24(2)36(42,27-17-9-13-21-31(27)45-5)28-18-10-14-22-32(28)46-6/h7-24,41-42H,1-6H3,(H,37,39)(H,38,40)/t23-,24-/m1/s1. The normalized spacial score (nSPS) is 12.8. The number of para-hydroxylation sites is 4. The molecule has 0 bridgehead atoms. The van der Waals surface area contributed by atoms with E-state index in [4.69, 9.17) is 18.9 Å². The monoisotopic (exact) mass is 628 g/mol. The van der Waals surface area contributed by atoms with Gasteiger partial charge in [0, 0.05) is 22.3 Å². The van der Waals surface area contributed by atoms with Crippen LogP contribution in [0.5, 0.6) is 23.0 Å². The van der Waals surface area contributed by atoms with Crippen molar-refractivity contribution in [3.8, 4) is 23.0 Å². The Hall–Kier alpha value is -5.06. The maximum Gasteiger partial charge on any atom is 0.309 e. The van der Waals surface area contributed by atoms with Gasteiger partial charge in [-0.15, -0.1) is 0 Å². The Kier molecular flexibility index (Phi) is 10.6. The van der Waals surface area contributed by atoms with Crippen molar-refractivity contribution in [3.05, 3.63) is 119 Å². The number of ether oxygens (including phenoxy) is 4. The quantitative estimate of drug-likeness (QED) is 0.174. The third-order valence-corrected chi connectivity index (χ3v) is 8.23. The number of hydrogen-bond donors (Lipinski definition) is 4. The number of rotatable bonds is 12. The number of hydrogen-bond acceptors (Lipinski definition) is 8. The van der Waals surface area contributed by atoms with Crippen molar-refractivity contribution >= 4 is 11.8 Å². The highest BCUT2D eigenvalue weighted by Gasteiger charge is 2.45. The maximum atomic E-state index is 13.5. The first-order chi connectivity index (χ1) is 22.1. The van der Waals surface area contributed by atoms with Crippen molar-refractivity contribution in [2.24, 2.45) is 0 Å². The third kappa shape index (κ3) is 6.22. The fourth-order valence-corrected chi connectivity index (χ4v) is 5.79. The summed E-state index contributed by atoms with van der Waals surface area (Å²) in [4.78, 5) is 27.1. The van der Waals surface area contributed by atoms with E-state index in [2.05, 4.69) is 10.6 Å². The molecule has 0 fully saturated rings. The first-order valence-corrected chi connectivity index (χ1v) is 14.7. The van der Waals surface area contributed by atoms with Crippen molar-refractivity contribution < 1.29 is 38.7 Å². The van der Waals surface area contributed by atoms with Gasteiger partial charge in [0.1, 0.15) is 34.2 Å². The number of methoxy groups -OCH3 is 4. The zero-order valence-electron chi connectivity index (χ0n) is 26.7. The van der Waals surface area contributed by atoms with Crippen LogP contribution in [0.15, 0.2) is 97.1 Å². The highest BCUT2D eigenvalue weighted by molar-refractivity contribution is 6.35. The summed E-state index contributed by atoms with van der Waals surface area (Å²) in [5, 5.41) is 30.2. The fraction of sp³-hybridized carbons (Fsp3) is 0.278. The zero-order chi connectivity index (χ0) is 33.5. The van der Waals surface area contributed by atoms with E-state index in [-0.39, 0.29) is 0 Å². The molecule has 0 saturated carbocycles. The minimum absolute atomic E-state index is 0.352. The smallest absolute Gasteiger partial charge is 0.309 e. The molecule has 0 saturated heterocycles. The molecular weight excluding hydrogens is 588 g/mol. The second-order valence-corrected chi connectivity index (χ2v) is 10.7. The van der Waals surface area contributed by atoms with Crippen molar-refractivity contribution in [1.82, 2.24) is 10.6 Å². The van der Waals surface area contributed by atoms with E-state index in [1.807, 2.05) is 0 Å². The van der Waals surface area contributed by atoms with E-state index in [0.29, 0.717) is 45.3 Å². The predicted octanol–water partition coefficient (Wildman–Crippen LogP) is 3.90. The van der Waals surface area contributed by atoms with Crippen molar-refractivity contribution in [3.63, 3.8) is 0 Å². The van der Waals surface area contributed by atoms with Gasteiger partial charge in [0.25, 0.3) is 0 Å². The summed E-state index contributed by atoms with van der Waals surface area (Å²) in [5.41, 5.74) is -2.38. The average molecular weight is 629 g/mol. The molecule has 2 amide bonds. The van der Waals surface area contributed by atoms with Gasteiger partial charge in [-0.2, -0.15) is 0 Å². The van der Waals surface area contributed by atoms with E-state index in [1.165, 1.54) is 28.4 Å². The average Bonchev–Trinajstić information content (AvgIpc) is 3.10. The Labute approximate surface area is 268 Å². The van der Waals surface area contributed by atoms with Gasteiger partial charge in [-0.25, -0.2) is 0 Å². The van der Waals surface area contributed by atoms with Crippen molar-refractivity contribution in [2.75, 3.05) is 28.4 Å². The lowest BCUT2D eigenvalue weighted by atomic mass is 9.79. The third-order valence-electron chi connectivity index (χ3n) is 8.23. The Balaban J connectivity index is 1.70. The van der Waals surface area contributed by atoms with Crippen LogP contribution < -0.4 is 29.6 Å². The number of nitrogens with one attached hydrogen (secondary N) is 2. The molecule has 4 aromatic carbocycles. The van der Waals surface area contributed by atoms with E-state index < -0.39 is 35.1 Å². The highest BCUT2D eigenvalue weighted by atomic mass is 16.5. The summed E-state index contributed by atoms with van der Waals surface area (Å²) in [6.07, 6.45) is 0. The van der Waals surface area contributed by atoms with Crippen LogP contribution in [0.3, 0.4) is 0 Å². The van der Waals surface area contributed by atoms with Crippen LogP contribution in [0.4, 0.5) is 0 Å². The van der Waals surface area contributed by atoms with Crippen molar-refractivity contribution in [1.29, 1.82) is 0 Å². The van der Waals surface area contributed by atoms with Gasteiger partial charge in [-0.05, 0) is 38.1 Å². The molecule has 0 aromatic heterocycles. The molecule has 0 spiro atoms. The van der Waals surface area contributed by atoms with Gasteiger partial charge in [-0.3, -0.25) is 9.59 Å². The SMILES string of the molecule is COc1ccccc1C(O)(c1ccccc1OC)[C@@H](C)NC(=O)C(=O)N[C@H](C)C(O)(c1ccccc1OC)c1ccccc1OC. The van der Waals surface area contributed by atoms with Gasteiger partial charge in [0.2, 0.25) is 0 Å². The summed E-state index contributed by atoms with van der Waals surface area (Å²) in [5.74, 6) is -0.597. The zero-order valence-corrected chi connectivity index (χ0v) is 26.7. The molecule has 242 valence electrons. The van der Waals surface area contributed by atoms with Crippen LogP contribution in [-0.4, -0.2) is 62.6 Å². The number of aliphatic hydroxyl groups is 2. The van der Waals surface area contributed by atoms with Crippen molar-refractivity contribution in [2.45, 2.75) is 37.1 Å². The van der Waals surface area contributed by atoms with Crippen LogP contribution in [-0.2, 0) is 20.8 Å². The van der Waals surface area contributed by atoms with Crippen LogP contribution in [0.25, 0.3) is 0 Å². The molecular formula is C36H40N2O8. The van der Waals surface area contributed by atoms with Gasteiger partial charge in [0.05, 0.1) is 40.5 Å². The largest absolute Gasteiger partial charge is 0.496 e. The highest BCUT2D eigenvalue weighted by Crippen LogP contribution is 2.43. The first kappa shape index (κ1) is 33.8. The molecule has 0 aliphatic heterocycles. The van der Waals surface area contributed by atoms with Crippen LogP contribution >= 0.6 is 0 Å². The fourth-order valence-electron chi connectivity index (χ4n) is 5.79. The summed E-state index contributed by atoms with van der Waals surface area (Å²) in [7, 11) is 5.91. The summed E-state index contributed by atoms with van der Waals surface area (Å²) in [6, 6.07) is 25.3. The van der Waals surface area contributed by atoms with Crippen LogP contribution in [0.2, 0.25) is 0 Å². The Morgan fingerprint density at radius 2 is 0.717 bits per heavy atom. The molecule has 10 nitrogen and oxygen atoms in total. The molecule has 4 N–H and O–H groups in total. The lowest BCUT2D eigenvalue weighted by Crippen LogP contribution is -2.56. The second-order valence-electron chi connectivity index (χ2n) is 10.7. The lowest BCUT2D eigenvalue weighted by molar-refractivity contribution is -0.141. The number of carbonyl (C=O) groups excluding carboxylic acids is 2. The van der Waals surface area contributed by atoms with E-state index in [1.54, 1.807) is 111 Å². The topological polar surface area (TPSA) is 136 Å². The molecule has 46 heavy (non-hydrogen) atoms.